The Kier molecular flexibility index (Phi) is 7.93. The van der Waals surface area contributed by atoms with Crippen molar-refractivity contribution >= 4 is 40.7 Å². The van der Waals surface area contributed by atoms with E-state index < -0.39 is 0 Å². The predicted octanol–water partition coefficient (Wildman–Crippen LogP) is 6.13. The quantitative estimate of drug-likeness (QED) is 0.287. The molecule has 38 heavy (non-hydrogen) atoms. The first-order valence-corrected chi connectivity index (χ1v) is 13.8. The van der Waals surface area contributed by atoms with Gasteiger partial charge in [-0.25, -0.2) is 4.98 Å². The van der Waals surface area contributed by atoms with Crippen LogP contribution < -0.4 is 5.32 Å². The molecule has 1 aliphatic rings. The van der Waals surface area contributed by atoms with Crippen molar-refractivity contribution in [1.82, 2.24) is 14.5 Å². The lowest BCUT2D eigenvalue weighted by molar-refractivity contribution is -0.117. The number of thiophene rings is 1. The maximum Gasteiger partial charge on any atom is 0.264 e. The van der Waals surface area contributed by atoms with Gasteiger partial charge in [-0.3, -0.25) is 19.5 Å². The SMILES string of the molecule is Cc1ccc(-n2cc(-c3ccc(Cl)cc3)nc2NC(=O)CN(C[C@@H]2CCCO2)C(=O)c2cccs2)cc1C. The van der Waals surface area contributed by atoms with Gasteiger partial charge in [0.2, 0.25) is 11.9 Å². The van der Waals surface area contributed by atoms with Crippen LogP contribution >= 0.6 is 22.9 Å². The second-order valence-corrected chi connectivity index (χ2v) is 10.8. The number of nitrogens with one attached hydrogen (secondary N) is 1. The van der Waals surface area contributed by atoms with Gasteiger partial charge >= 0.3 is 0 Å². The molecule has 1 N–H and O–H groups in total. The number of carbonyl (C=O) groups excluding carboxylic acids is 2. The summed E-state index contributed by atoms with van der Waals surface area (Å²) < 4.78 is 7.62. The first-order chi connectivity index (χ1) is 18.4. The van der Waals surface area contributed by atoms with E-state index in [9.17, 15) is 9.59 Å². The number of anilines is 1. The van der Waals surface area contributed by atoms with Gasteiger partial charge in [0, 0.05) is 35.6 Å². The Hall–Kier alpha value is -3.46. The van der Waals surface area contributed by atoms with Crippen LogP contribution in [0.5, 0.6) is 0 Å². The van der Waals surface area contributed by atoms with E-state index in [1.165, 1.54) is 16.9 Å². The van der Waals surface area contributed by atoms with E-state index >= 15 is 0 Å². The van der Waals surface area contributed by atoms with Crippen LogP contribution in [-0.2, 0) is 9.53 Å². The number of imidazole rings is 1. The molecule has 0 spiro atoms. The average molecular weight is 549 g/mol. The van der Waals surface area contributed by atoms with Crippen molar-refractivity contribution < 1.29 is 14.3 Å². The molecule has 1 fully saturated rings. The van der Waals surface area contributed by atoms with E-state index in [4.69, 9.17) is 21.3 Å². The summed E-state index contributed by atoms with van der Waals surface area (Å²) in [5.74, 6) is -0.125. The number of benzene rings is 2. The van der Waals surface area contributed by atoms with Crippen molar-refractivity contribution in [3.63, 3.8) is 0 Å². The Balaban J connectivity index is 1.42. The zero-order valence-corrected chi connectivity index (χ0v) is 22.9. The summed E-state index contributed by atoms with van der Waals surface area (Å²) in [5.41, 5.74) is 4.75. The molecule has 1 aliphatic heterocycles. The lowest BCUT2D eigenvalue weighted by Crippen LogP contribution is -2.42. The van der Waals surface area contributed by atoms with Crippen LogP contribution in [0.1, 0.15) is 33.6 Å². The molecule has 2 aromatic carbocycles. The first-order valence-electron chi connectivity index (χ1n) is 12.5. The highest BCUT2D eigenvalue weighted by atomic mass is 35.5. The van der Waals surface area contributed by atoms with Crippen molar-refractivity contribution in [2.75, 3.05) is 25.0 Å². The highest BCUT2D eigenvalue weighted by Crippen LogP contribution is 2.27. The van der Waals surface area contributed by atoms with Gasteiger partial charge in [0.25, 0.3) is 5.91 Å². The predicted molar refractivity (Wildman–Crippen MR) is 151 cm³/mol. The largest absolute Gasteiger partial charge is 0.376 e. The van der Waals surface area contributed by atoms with Crippen LogP contribution in [0.15, 0.2) is 66.2 Å². The molecule has 9 heteroatoms. The van der Waals surface area contributed by atoms with E-state index in [0.717, 1.165) is 29.7 Å². The average Bonchev–Trinajstić information content (AvgIpc) is 3.68. The van der Waals surface area contributed by atoms with Gasteiger partial charge in [-0.05, 0) is 73.5 Å². The Morgan fingerprint density at radius 2 is 1.97 bits per heavy atom. The molecule has 0 aliphatic carbocycles. The maximum absolute atomic E-state index is 13.4. The smallest absolute Gasteiger partial charge is 0.264 e. The third kappa shape index (κ3) is 5.99. The van der Waals surface area contributed by atoms with E-state index in [0.29, 0.717) is 34.7 Å². The number of nitrogens with zero attached hydrogens (tertiary/aromatic N) is 3. The van der Waals surface area contributed by atoms with E-state index in [1.54, 1.807) is 11.0 Å². The van der Waals surface area contributed by atoms with Crippen LogP contribution in [0.2, 0.25) is 5.02 Å². The zero-order chi connectivity index (χ0) is 26.6. The zero-order valence-electron chi connectivity index (χ0n) is 21.3. The van der Waals surface area contributed by atoms with Gasteiger partial charge in [-0.2, -0.15) is 0 Å². The monoisotopic (exact) mass is 548 g/mol. The van der Waals surface area contributed by atoms with Crippen molar-refractivity contribution in [2.24, 2.45) is 0 Å². The number of ether oxygens (including phenoxy) is 1. The summed E-state index contributed by atoms with van der Waals surface area (Å²) in [4.78, 5) is 33.5. The molecule has 7 nitrogen and oxygen atoms in total. The molecule has 0 radical (unpaired) electrons. The Labute approximate surface area is 231 Å². The second kappa shape index (κ2) is 11.5. The van der Waals surface area contributed by atoms with Crippen molar-refractivity contribution in [2.45, 2.75) is 32.8 Å². The molecule has 0 unspecified atom stereocenters. The summed E-state index contributed by atoms with van der Waals surface area (Å²) in [6, 6.07) is 17.1. The third-order valence-electron chi connectivity index (χ3n) is 6.67. The van der Waals surface area contributed by atoms with Crippen LogP contribution in [0.3, 0.4) is 0 Å². The van der Waals surface area contributed by atoms with Crippen molar-refractivity contribution in [3.8, 4) is 16.9 Å². The van der Waals surface area contributed by atoms with Crippen LogP contribution in [0, 0.1) is 13.8 Å². The molecule has 2 aromatic heterocycles. The molecular weight excluding hydrogens is 520 g/mol. The number of carbonyl (C=O) groups is 2. The number of aromatic nitrogens is 2. The molecule has 4 aromatic rings. The third-order valence-corrected chi connectivity index (χ3v) is 7.78. The maximum atomic E-state index is 13.4. The minimum atomic E-state index is -0.328. The topological polar surface area (TPSA) is 76.5 Å². The van der Waals surface area contributed by atoms with E-state index in [-0.39, 0.29) is 24.5 Å². The van der Waals surface area contributed by atoms with E-state index in [1.807, 2.05) is 65.5 Å². The second-order valence-electron chi connectivity index (χ2n) is 9.44. The number of aryl methyl sites for hydroxylation is 2. The van der Waals surface area contributed by atoms with Crippen LogP contribution in [-0.4, -0.2) is 52.1 Å². The normalized spacial score (nSPS) is 15.0. The summed E-state index contributed by atoms with van der Waals surface area (Å²) in [6.45, 7) is 5.05. The highest BCUT2D eigenvalue weighted by Gasteiger charge is 2.26. The fourth-order valence-corrected chi connectivity index (χ4v) is 5.26. The Bertz CT molecular complexity index is 1430. The standard InChI is InChI=1S/C29H29ClN4O3S/c1-19-7-12-23(15-20(19)2)34-17-25(21-8-10-22(30)11-9-21)31-29(34)32-27(35)18-33(16-24-5-3-13-37-24)28(36)26-6-4-14-38-26/h4,6-12,14-15,17,24H,3,5,13,16,18H2,1-2H3,(H,31,32,35)/t24-/m0/s1. The molecule has 3 heterocycles. The number of amides is 2. The molecular formula is C29H29ClN4O3S. The first kappa shape index (κ1) is 26.2. The summed E-state index contributed by atoms with van der Waals surface area (Å²) in [6.07, 6.45) is 3.65. The summed E-state index contributed by atoms with van der Waals surface area (Å²) in [5, 5.41) is 5.45. The van der Waals surface area contributed by atoms with Crippen molar-refractivity contribution in [3.05, 3.63) is 87.2 Å². The number of hydrogen-bond acceptors (Lipinski definition) is 5. The van der Waals surface area contributed by atoms with Gasteiger partial charge in [-0.15, -0.1) is 11.3 Å². The fourth-order valence-electron chi connectivity index (χ4n) is 4.45. The lowest BCUT2D eigenvalue weighted by atomic mass is 10.1. The molecule has 1 saturated heterocycles. The fraction of sp³-hybridized carbons (Fsp3) is 0.276. The van der Waals surface area contributed by atoms with Crippen LogP contribution in [0.4, 0.5) is 5.95 Å². The Morgan fingerprint density at radius 1 is 1.16 bits per heavy atom. The van der Waals surface area contributed by atoms with Gasteiger partial charge < -0.3 is 9.64 Å². The van der Waals surface area contributed by atoms with Gasteiger partial charge in [0.15, 0.2) is 0 Å². The lowest BCUT2D eigenvalue weighted by Gasteiger charge is -2.24. The molecule has 0 bridgehead atoms. The highest BCUT2D eigenvalue weighted by molar-refractivity contribution is 7.12. The Morgan fingerprint density at radius 3 is 2.66 bits per heavy atom. The molecule has 1 atom stereocenters. The van der Waals surface area contributed by atoms with Gasteiger partial charge in [-0.1, -0.05) is 35.9 Å². The van der Waals surface area contributed by atoms with Crippen LogP contribution in [0.25, 0.3) is 16.9 Å². The minimum Gasteiger partial charge on any atom is -0.376 e. The number of rotatable bonds is 8. The molecule has 2 amide bonds. The summed E-state index contributed by atoms with van der Waals surface area (Å²) in [7, 11) is 0. The van der Waals surface area contributed by atoms with Gasteiger partial charge in [0.05, 0.1) is 16.7 Å². The number of hydrogen-bond donors (Lipinski definition) is 1. The molecule has 5 rings (SSSR count). The van der Waals surface area contributed by atoms with Crippen molar-refractivity contribution in [1.29, 1.82) is 0 Å². The van der Waals surface area contributed by atoms with Gasteiger partial charge in [0.1, 0.15) is 6.54 Å². The minimum absolute atomic E-state index is 0.0688. The summed E-state index contributed by atoms with van der Waals surface area (Å²) >= 11 is 7.44. The molecule has 196 valence electrons. The number of halogens is 1. The van der Waals surface area contributed by atoms with E-state index in [2.05, 4.69) is 18.3 Å². The molecule has 0 saturated carbocycles.